The third kappa shape index (κ3) is 3.23. The van der Waals surface area contributed by atoms with Crippen molar-refractivity contribution in [1.82, 2.24) is 4.90 Å². The molecule has 0 aliphatic carbocycles. The van der Waals surface area contributed by atoms with E-state index in [-0.39, 0.29) is 18.3 Å². The van der Waals surface area contributed by atoms with Gasteiger partial charge in [0.05, 0.1) is 0 Å². The molecule has 0 fully saturated rings. The topological polar surface area (TPSA) is 29.5 Å². The molecule has 0 saturated carbocycles. The molecule has 0 radical (unpaired) electrons. The minimum atomic E-state index is -0.277. The van der Waals surface area contributed by atoms with Crippen LogP contribution >= 0.6 is 0 Å². The smallest absolute Gasteiger partial charge is 0.259 e. The van der Waals surface area contributed by atoms with Gasteiger partial charge in [0, 0.05) is 14.1 Å². The normalized spacial score (nSPS) is 9.87. The molecular weight excluding hydrogens is 197 g/mol. The molecule has 15 heavy (non-hydrogen) atoms. The van der Waals surface area contributed by atoms with Crippen molar-refractivity contribution in [3.05, 3.63) is 29.6 Å². The van der Waals surface area contributed by atoms with Gasteiger partial charge in [-0.05, 0) is 30.7 Å². The highest BCUT2D eigenvalue weighted by Gasteiger charge is 2.05. The van der Waals surface area contributed by atoms with E-state index < -0.39 is 0 Å². The first kappa shape index (κ1) is 11.5. The molecule has 82 valence electrons. The molecule has 1 amide bonds. The molecule has 0 N–H and O–H groups in total. The van der Waals surface area contributed by atoms with Crippen LogP contribution in [0.3, 0.4) is 0 Å². The van der Waals surface area contributed by atoms with E-state index in [0.717, 1.165) is 0 Å². The Kier molecular flexibility index (Phi) is 3.66. The van der Waals surface area contributed by atoms with Crippen LogP contribution in [0.1, 0.15) is 5.56 Å². The van der Waals surface area contributed by atoms with E-state index in [1.165, 1.54) is 17.0 Å². The van der Waals surface area contributed by atoms with E-state index in [1.807, 2.05) is 0 Å². The molecule has 0 aliphatic heterocycles. The minimum Gasteiger partial charge on any atom is -0.484 e. The van der Waals surface area contributed by atoms with Crippen LogP contribution in [-0.2, 0) is 4.79 Å². The standard InChI is InChI=1S/C11H14FNO2/c1-8-6-9(4-5-10(8)12)15-7-11(14)13(2)3/h4-6H,7H2,1-3H3. The van der Waals surface area contributed by atoms with E-state index >= 15 is 0 Å². The first-order valence-corrected chi connectivity index (χ1v) is 4.60. The van der Waals surface area contributed by atoms with Gasteiger partial charge in [0.1, 0.15) is 11.6 Å². The molecule has 1 aromatic rings. The Labute approximate surface area is 88.5 Å². The van der Waals surface area contributed by atoms with Crippen LogP contribution in [0.5, 0.6) is 5.75 Å². The Balaban J connectivity index is 2.58. The number of amides is 1. The Morgan fingerprint density at radius 1 is 1.47 bits per heavy atom. The second-order valence-corrected chi connectivity index (χ2v) is 3.49. The summed E-state index contributed by atoms with van der Waals surface area (Å²) < 4.78 is 18.1. The van der Waals surface area contributed by atoms with Gasteiger partial charge in [-0.3, -0.25) is 4.79 Å². The van der Waals surface area contributed by atoms with Crippen molar-refractivity contribution in [2.24, 2.45) is 0 Å². The lowest BCUT2D eigenvalue weighted by molar-refractivity contribution is -0.130. The second kappa shape index (κ2) is 4.77. The lowest BCUT2D eigenvalue weighted by Gasteiger charge is -2.11. The SMILES string of the molecule is Cc1cc(OCC(=O)N(C)C)ccc1F. The van der Waals surface area contributed by atoms with Gasteiger partial charge in [-0.25, -0.2) is 4.39 Å². The number of hydrogen-bond donors (Lipinski definition) is 0. The number of ether oxygens (including phenoxy) is 1. The molecule has 0 saturated heterocycles. The summed E-state index contributed by atoms with van der Waals surface area (Å²) in [5.74, 6) is 0.0994. The summed E-state index contributed by atoms with van der Waals surface area (Å²) in [6, 6.07) is 4.40. The fourth-order valence-corrected chi connectivity index (χ4v) is 0.981. The van der Waals surface area contributed by atoms with Gasteiger partial charge in [-0.1, -0.05) is 0 Å². The van der Waals surface area contributed by atoms with Crippen molar-refractivity contribution in [1.29, 1.82) is 0 Å². The zero-order chi connectivity index (χ0) is 11.4. The van der Waals surface area contributed by atoms with Crippen molar-refractivity contribution in [3.8, 4) is 5.75 Å². The third-order valence-corrected chi connectivity index (χ3v) is 1.99. The molecule has 1 aromatic carbocycles. The number of halogens is 1. The Morgan fingerprint density at radius 2 is 2.13 bits per heavy atom. The average molecular weight is 211 g/mol. The van der Waals surface area contributed by atoms with Gasteiger partial charge in [0.15, 0.2) is 6.61 Å². The highest BCUT2D eigenvalue weighted by molar-refractivity contribution is 5.77. The average Bonchev–Trinajstić information content (AvgIpc) is 2.19. The maximum absolute atomic E-state index is 12.9. The van der Waals surface area contributed by atoms with Crippen LogP contribution < -0.4 is 4.74 Å². The van der Waals surface area contributed by atoms with Crippen molar-refractivity contribution in [2.75, 3.05) is 20.7 Å². The Hall–Kier alpha value is -1.58. The number of carbonyl (C=O) groups excluding carboxylic acids is 1. The fraction of sp³-hybridized carbons (Fsp3) is 0.364. The van der Waals surface area contributed by atoms with E-state index in [2.05, 4.69) is 0 Å². The van der Waals surface area contributed by atoms with E-state index in [0.29, 0.717) is 11.3 Å². The minimum absolute atomic E-state index is 0.0297. The van der Waals surface area contributed by atoms with Gasteiger partial charge in [0.2, 0.25) is 0 Å². The number of likely N-dealkylation sites (N-methyl/N-ethyl adjacent to an activating group) is 1. The molecule has 0 heterocycles. The second-order valence-electron chi connectivity index (χ2n) is 3.49. The molecular formula is C11H14FNO2. The number of nitrogens with zero attached hydrogens (tertiary/aromatic N) is 1. The maximum Gasteiger partial charge on any atom is 0.259 e. The summed E-state index contributed by atoms with van der Waals surface area (Å²) in [6.07, 6.45) is 0. The zero-order valence-corrected chi connectivity index (χ0v) is 9.08. The predicted octanol–water partition coefficient (Wildman–Crippen LogP) is 1.60. The summed E-state index contributed by atoms with van der Waals surface area (Å²) in [7, 11) is 3.31. The number of rotatable bonds is 3. The molecule has 1 rings (SSSR count). The van der Waals surface area contributed by atoms with Gasteiger partial charge >= 0.3 is 0 Å². The Bertz CT molecular complexity index is 364. The quantitative estimate of drug-likeness (QED) is 0.760. The molecule has 0 aliphatic rings. The van der Waals surface area contributed by atoms with Gasteiger partial charge in [0.25, 0.3) is 5.91 Å². The number of aryl methyl sites for hydroxylation is 1. The van der Waals surface area contributed by atoms with Crippen LogP contribution in [0, 0.1) is 12.7 Å². The largest absolute Gasteiger partial charge is 0.484 e. The highest BCUT2D eigenvalue weighted by Crippen LogP contribution is 2.15. The highest BCUT2D eigenvalue weighted by atomic mass is 19.1. The van der Waals surface area contributed by atoms with Crippen molar-refractivity contribution < 1.29 is 13.9 Å². The van der Waals surface area contributed by atoms with Gasteiger partial charge < -0.3 is 9.64 Å². The van der Waals surface area contributed by atoms with Crippen molar-refractivity contribution in [2.45, 2.75) is 6.92 Å². The number of benzene rings is 1. The van der Waals surface area contributed by atoms with E-state index in [4.69, 9.17) is 4.74 Å². The molecule has 0 atom stereocenters. The predicted molar refractivity (Wildman–Crippen MR) is 55.3 cm³/mol. The molecule has 0 bridgehead atoms. The first-order chi connectivity index (χ1) is 7.00. The third-order valence-electron chi connectivity index (χ3n) is 1.99. The number of hydrogen-bond acceptors (Lipinski definition) is 2. The fourth-order valence-electron chi connectivity index (χ4n) is 0.981. The molecule has 0 aromatic heterocycles. The summed E-state index contributed by atoms with van der Waals surface area (Å²) in [4.78, 5) is 12.6. The lowest BCUT2D eigenvalue weighted by Crippen LogP contribution is -2.27. The van der Waals surface area contributed by atoms with Crippen molar-refractivity contribution in [3.63, 3.8) is 0 Å². The molecule has 0 unspecified atom stereocenters. The molecule has 4 heteroatoms. The summed E-state index contributed by atoms with van der Waals surface area (Å²) in [6.45, 7) is 1.62. The monoisotopic (exact) mass is 211 g/mol. The van der Waals surface area contributed by atoms with Gasteiger partial charge in [-0.2, -0.15) is 0 Å². The van der Waals surface area contributed by atoms with Crippen molar-refractivity contribution >= 4 is 5.91 Å². The van der Waals surface area contributed by atoms with E-state index in [1.54, 1.807) is 27.1 Å². The summed E-state index contributed by atoms with van der Waals surface area (Å²) in [5, 5.41) is 0. The van der Waals surface area contributed by atoms with Crippen LogP contribution in [0.15, 0.2) is 18.2 Å². The first-order valence-electron chi connectivity index (χ1n) is 4.60. The lowest BCUT2D eigenvalue weighted by atomic mass is 10.2. The maximum atomic E-state index is 12.9. The summed E-state index contributed by atoms with van der Waals surface area (Å²) >= 11 is 0. The van der Waals surface area contributed by atoms with Crippen LogP contribution in [0.25, 0.3) is 0 Å². The van der Waals surface area contributed by atoms with Crippen LogP contribution in [0.2, 0.25) is 0 Å². The summed E-state index contributed by atoms with van der Waals surface area (Å²) in [5.41, 5.74) is 0.504. The number of carbonyl (C=O) groups is 1. The molecule has 0 spiro atoms. The Morgan fingerprint density at radius 3 is 2.67 bits per heavy atom. The molecule has 3 nitrogen and oxygen atoms in total. The van der Waals surface area contributed by atoms with Gasteiger partial charge in [-0.15, -0.1) is 0 Å². The van der Waals surface area contributed by atoms with Crippen LogP contribution in [0.4, 0.5) is 4.39 Å². The zero-order valence-electron chi connectivity index (χ0n) is 9.08. The van der Waals surface area contributed by atoms with E-state index in [9.17, 15) is 9.18 Å². The van der Waals surface area contributed by atoms with Crippen LogP contribution in [-0.4, -0.2) is 31.5 Å².